The summed E-state index contributed by atoms with van der Waals surface area (Å²) in [5.41, 5.74) is 1.70. The molecule has 7 heteroatoms. The van der Waals surface area contributed by atoms with E-state index in [1.54, 1.807) is 19.1 Å². The van der Waals surface area contributed by atoms with Crippen LogP contribution in [0.15, 0.2) is 12.1 Å². The molecule has 144 valence electrons. The molecule has 0 bridgehead atoms. The van der Waals surface area contributed by atoms with Gasteiger partial charge in [-0.2, -0.15) is 0 Å². The van der Waals surface area contributed by atoms with Crippen LogP contribution in [0.3, 0.4) is 0 Å². The highest BCUT2D eigenvalue weighted by atomic mass is 16.5. The first-order chi connectivity index (χ1) is 13.1. The Kier molecular flexibility index (Phi) is 4.86. The monoisotopic (exact) mass is 370 g/mol. The smallest absolute Gasteiger partial charge is 0.194 e. The highest BCUT2D eigenvalue weighted by Gasteiger charge is 2.24. The summed E-state index contributed by atoms with van der Waals surface area (Å²) >= 11 is 0. The van der Waals surface area contributed by atoms with Crippen molar-refractivity contribution < 1.29 is 14.4 Å². The molecule has 2 atom stereocenters. The number of fused-ring (bicyclic) bond motifs is 3. The van der Waals surface area contributed by atoms with E-state index >= 15 is 0 Å². The summed E-state index contributed by atoms with van der Waals surface area (Å²) in [6.07, 6.45) is 3.43. The minimum atomic E-state index is 0.676. The van der Waals surface area contributed by atoms with Gasteiger partial charge in [-0.1, -0.05) is 13.8 Å². The van der Waals surface area contributed by atoms with Crippen molar-refractivity contribution in [1.82, 2.24) is 19.6 Å². The Hall–Kier alpha value is -2.41. The van der Waals surface area contributed by atoms with E-state index in [-0.39, 0.29) is 0 Å². The molecule has 1 saturated heterocycles. The first-order valence-corrected chi connectivity index (χ1v) is 9.76. The van der Waals surface area contributed by atoms with Crippen LogP contribution in [0.5, 0.6) is 11.5 Å². The molecule has 1 N–H and O–H groups in total. The molecule has 4 rings (SSSR count). The van der Waals surface area contributed by atoms with Gasteiger partial charge in [0.1, 0.15) is 12.4 Å². The fourth-order valence-electron chi connectivity index (χ4n) is 4.22. The molecular formula is C20H28N5O2+. The van der Waals surface area contributed by atoms with E-state index in [4.69, 9.17) is 14.5 Å². The van der Waals surface area contributed by atoms with Crippen molar-refractivity contribution in [3.8, 4) is 11.5 Å². The topological polar surface area (TPSA) is 66.0 Å². The van der Waals surface area contributed by atoms with Gasteiger partial charge in [0.25, 0.3) is 0 Å². The summed E-state index contributed by atoms with van der Waals surface area (Å²) in [5, 5.41) is 10.0. The molecule has 27 heavy (non-hydrogen) atoms. The Bertz CT molecular complexity index is 968. The van der Waals surface area contributed by atoms with E-state index in [9.17, 15) is 0 Å². The number of benzene rings is 1. The third kappa shape index (κ3) is 3.20. The first-order valence-electron chi connectivity index (χ1n) is 9.76. The lowest BCUT2D eigenvalue weighted by atomic mass is 10.0. The third-order valence-electron chi connectivity index (χ3n) is 5.57. The maximum absolute atomic E-state index is 5.48. The van der Waals surface area contributed by atoms with E-state index in [1.807, 2.05) is 12.1 Å². The molecule has 0 amide bonds. The number of aryl methyl sites for hydroxylation is 1. The van der Waals surface area contributed by atoms with Crippen LogP contribution in [0, 0.1) is 5.92 Å². The van der Waals surface area contributed by atoms with Crippen LogP contribution in [0.4, 0.5) is 0 Å². The van der Waals surface area contributed by atoms with Crippen LogP contribution in [-0.4, -0.2) is 46.9 Å². The van der Waals surface area contributed by atoms with Gasteiger partial charge in [-0.25, -0.2) is 4.98 Å². The van der Waals surface area contributed by atoms with Gasteiger partial charge in [-0.05, 0) is 18.9 Å². The van der Waals surface area contributed by atoms with Gasteiger partial charge in [0, 0.05) is 23.8 Å². The maximum atomic E-state index is 5.48. The number of hydrogen-bond donors (Lipinski definition) is 1. The molecule has 1 aliphatic rings. The number of hydrogen-bond acceptors (Lipinski definition) is 5. The van der Waals surface area contributed by atoms with Gasteiger partial charge in [-0.3, -0.25) is 4.40 Å². The second-order valence-electron chi connectivity index (χ2n) is 7.51. The molecule has 1 fully saturated rings. The molecule has 2 aromatic heterocycles. The molecule has 0 saturated carbocycles. The number of piperidine rings is 1. The van der Waals surface area contributed by atoms with E-state index in [1.165, 1.54) is 25.9 Å². The van der Waals surface area contributed by atoms with Crippen molar-refractivity contribution in [3.05, 3.63) is 23.8 Å². The average Bonchev–Trinajstić information content (AvgIpc) is 3.10. The largest absolute Gasteiger partial charge is 0.493 e. The number of likely N-dealkylation sites (tertiary alicyclic amines) is 1. The highest BCUT2D eigenvalue weighted by Crippen LogP contribution is 2.33. The fourth-order valence-corrected chi connectivity index (χ4v) is 4.22. The van der Waals surface area contributed by atoms with Crippen molar-refractivity contribution in [2.24, 2.45) is 5.92 Å². The number of aromatic nitrogens is 4. The molecule has 1 unspecified atom stereocenters. The first kappa shape index (κ1) is 18.0. The van der Waals surface area contributed by atoms with E-state index in [2.05, 4.69) is 28.4 Å². The van der Waals surface area contributed by atoms with Crippen molar-refractivity contribution in [2.75, 3.05) is 27.3 Å². The summed E-state index contributed by atoms with van der Waals surface area (Å²) in [6.45, 7) is 7.75. The van der Waals surface area contributed by atoms with Gasteiger partial charge in [0.15, 0.2) is 23.0 Å². The molecule has 1 aliphatic heterocycles. The quantitative estimate of drug-likeness (QED) is 0.740. The Morgan fingerprint density at radius 1 is 1.15 bits per heavy atom. The van der Waals surface area contributed by atoms with E-state index in [0.29, 0.717) is 11.5 Å². The van der Waals surface area contributed by atoms with Gasteiger partial charge < -0.3 is 14.4 Å². The fraction of sp³-hybridized carbons (Fsp3) is 0.550. The zero-order valence-electron chi connectivity index (χ0n) is 16.6. The van der Waals surface area contributed by atoms with Crippen LogP contribution in [-0.2, 0) is 13.0 Å². The van der Waals surface area contributed by atoms with Gasteiger partial charge in [0.2, 0.25) is 0 Å². The van der Waals surface area contributed by atoms with Crippen LogP contribution in [0.1, 0.15) is 38.3 Å². The van der Waals surface area contributed by atoms with E-state index < -0.39 is 0 Å². The number of quaternary nitrogens is 1. The standard InChI is InChI=1S/C20H27N5O2/c1-5-18-21-15-10-17(27-4)16(26-3)9-14(15)20-23-22-19(25(18)20)12-24-8-6-7-13(2)11-24/h9-10,13H,5-8,11-12H2,1-4H3/p+1/t13-/m1/s1. The maximum Gasteiger partial charge on any atom is 0.194 e. The van der Waals surface area contributed by atoms with Crippen LogP contribution >= 0.6 is 0 Å². The predicted octanol–water partition coefficient (Wildman–Crippen LogP) is 1.67. The number of nitrogens with zero attached hydrogens (tertiary/aromatic N) is 4. The average molecular weight is 370 g/mol. The number of nitrogens with one attached hydrogen (secondary N) is 1. The highest BCUT2D eigenvalue weighted by molar-refractivity contribution is 5.93. The van der Waals surface area contributed by atoms with Crippen molar-refractivity contribution >= 4 is 16.6 Å². The van der Waals surface area contributed by atoms with Crippen LogP contribution < -0.4 is 14.4 Å². The Morgan fingerprint density at radius 3 is 2.63 bits per heavy atom. The van der Waals surface area contributed by atoms with E-state index in [0.717, 1.165) is 47.1 Å². The Balaban J connectivity index is 1.84. The lowest BCUT2D eigenvalue weighted by molar-refractivity contribution is -0.922. The van der Waals surface area contributed by atoms with Gasteiger partial charge in [-0.15, -0.1) is 10.2 Å². The van der Waals surface area contributed by atoms with Gasteiger partial charge in [0.05, 0.1) is 32.8 Å². The summed E-state index contributed by atoms with van der Waals surface area (Å²) in [7, 11) is 3.28. The second kappa shape index (κ2) is 7.31. The molecule has 0 aliphatic carbocycles. The second-order valence-corrected chi connectivity index (χ2v) is 7.51. The molecular weight excluding hydrogens is 342 g/mol. The minimum absolute atomic E-state index is 0.676. The lowest BCUT2D eigenvalue weighted by Crippen LogP contribution is -3.12. The van der Waals surface area contributed by atoms with Crippen molar-refractivity contribution in [1.29, 1.82) is 0 Å². The molecule has 1 aromatic carbocycles. The van der Waals surface area contributed by atoms with Gasteiger partial charge >= 0.3 is 0 Å². The third-order valence-corrected chi connectivity index (χ3v) is 5.57. The summed E-state index contributed by atoms with van der Waals surface area (Å²) < 4.78 is 13.0. The van der Waals surface area contributed by atoms with Crippen LogP contribution in [0.2, 0.25) is 0 Å². The zero-order valence-corrected chi connectivity index (χ0v) is 16.6. The number of ether oxygens (including phenoxy) is 2. The normalized spacial score (nSPS) is 20.3. The van der Waals surface area contributed by atoms with Crippen molar-refractivity contribution in [3.63, 3.8) is 0 Å². The molecule has 0 radical (unpaired) electrons. The summed E-state index contributed by atoms with van der Waals surface area (Å²) in [5.74, 6) is 4.10. The summed E-state index contributed by atoms with van der Waals surface area (Å²) in [6, 6.07) is 3.86. The molecule has 3 heterocycles. The Morgan fingerprint density at radius 2 is 1.93 bits per heavy atom. The lowest BCUT2D eigenvalue weighted by Gasteiger charge is -2.27. The molecule has 7 nitrogen and oxygen atoms in total. The summed E-state index contributed by atoms with van der Waals surface area (Å²) in [4.78, 5) is 6.47. The number of rotatable bonds is 5. The molecule has 3 aromatic rings. The molecule has 0 spiro atoms. The zero-order chi connectivity index (χ0) is 19.0. The predicted molar refractivity (Wildman–Crippen MR) is 104 cm³/mol. The SMILES string of the molecule is CCc1nc2cc(OC)c(OC)cc2c2nnc(C[NH+]3CCC[C@@H](C)C3)n12. The minimum Gasteiger partial charge on any atom is -0.493 e. The van der Waals surface area contributed by atoms with Crippen LogP contribution in [0.25, 0.3) is 16.6 Å². The number of methoxy groups -OCH3 is 2. The Labute approximate surface area is 159 Å². The van der Waals surface area contributed by atoms with Crippen molar-refractivity contribution in [2.45, 2.75) is 39.7 Å².